The van der Waals surface area contributed by atoms with Crippen molar-refractivity contribution in [2.24, 2.45) is 0 Å². The second-order valence-electron chi connectivity index (χ2n) is 5.33. The van der Waals surface area contributed by atoms with Crippen molar-refractivity contribution in [1.29, 1.82) is 0 Å². The molecule has 0 aromatic carbocycles. The maximum absolute atomic E-state index is 10.5. The predicted molar refractivity (Wildman–Crippen MR) is 97.6 cm³/mol. The van der Waals surface area contributed by atoms with Crippen molar-refractivity contribution < 1.29 is 36.6 Å². The molecular formula is C18H14CoN6O4. The number of aromatic carboxylic acids is 2. The molecule has 29 heavy (non-hydrogen) atoms. The van der Waals surface area contributed by atoms with Crippen molar-refractivity contribution in [2.45, 2.75) is 0 Å². The number of nitrogens with zero attached hydrogens (tertiary/aromatic N) is 4. The number of carboxylic acids is 2. The molecule has 0 saturated heterocycles. The Morgan fingerprint density at radius 1 is 0.690 bits per heavy atom. The van der Waals surface area contributed by atoms with Gasteiger partial charge in [0.25, 0.3) is 0 Å². The maximum Gasteiger partial charge on any atom is 0.371 e. The van der Waals surface area contributed by atoms with Gasteiger partial charge in [-0.25, -0.2) is 19.6 Å². The fourth-order valence-electron chi connectivity index (χ4n) is 2.16. The van der Waals surface area contributed by atoms with Gasteiger partial charge in [-0.05, 0) is 24.3 Å². The van der Waals surface area contributed by atoms with Crippen molar-refractivity contribution in [3.8, 4) is 22.8 Å². The number of nitrogens with one attached hydrogen (secondary N) is 2. The molecule has 11 heteroatoms. The number of imidazole rings is 2. The molecular weight excluding hydrogens is 423 g/mol. The Labute approximate surface area is 174 Å². The Kier molecular flexibility index (Phi) is 7.34. The summed E-state index contributed by atoms with van der Waals surface area (Å²) in [6, 6.07) is 10.8. The Hall–Kier alpha value is -3.83. The van der Waals surface area contributed by atoms with E-state index in [1.54, 1.807) is 36.7 Å². The molecule has 0 amide bonds. The van der Waals surface area contributed by atoms with Crippen molar-refractivity contribution in [3.05, 3.63) is 72.8 Å². The molecule has 4 aromatic heterocycles. The molecule has 0 fully saturated rings. The summed E-state index contributed by atoms with van der Waals surface area (Å²) in [5.74, 6) is -2.31. The van der Waals surface area contributed by atoms with E-state index in [-0.39, 0.29) is 28.4 Å². The van der Waals surface area contributed by atoms with E-state index in [1.807, 2.05) is 12.1 Å². The molecule has 4 aromatic rings. The van der Waals surface area contributed by atoms with Crippen LogP contribution in [0.2, 0.25) is 0 Å². The van der Waals surface area contributed by atoms with Crippen molar-refractivity contribution in [1.82, 2.24) is 29.9 Å². The van der Waals surface area contributed by atoms with E-state index in [4.69, 9.17) is 10.2 Å². The summed E-state index contributed by atoms with van der Waals surface area (Å²) in [4.78, 5) is 41.9. The van der Waals surface area contributed by atoms with E-state index >= 15 is 0 Å². The molecule has 4 rings (SSSR count). The van der Waals surface area contributed by atoms with E-state index in [0.29, 0.717) is 22.8 Å². The molecule has 0 bridgehead atoms. The Balaban J connectivity index is 0.000000200. The Bertz CT molecular complexity index is 994. The number of aromatic nitrogens is 6. The number of hydrogen-bond donors (Lipinski definition) is 4. The smallest absolute Gasteiger partial charge is 0.371 e. The quantitative estimate of drug-likeness (QED) is 0.379. The molecule has 0 aliphatic heterocycles. The summed E-state index contributed by atoms with van der Waals surface area (Å²) in [5.41, 5.74) is 2.55. The number of aromatic amines is 2. The van der Waals surface area contributed by atoms with Crippen LogP contribution in [-0.2, 0) is 16.8 Å². The normalized spacial score (nSPS) is 9.66. The van der Waals surface area contributed by atoms with Gasteiger partial charge in [0.2, 0.25) is 11.6 Å². The van der Waals surface area contributed by atoms with Gasteiger partial charge in [-0.1, -0.05) is 12.1 Å². The fourth-order valence-corrected chi connectivity index (χ4v) is 2.16. The SMILES string of the molecule is O=C(O)c1ncc(-c2ccccn2)[nH]1.O=C(O)c1ncc(-c2ccccn2)[nH]1.[Co]. The number of H-pyrrole nitrogens is 2. The molecule has 10 nitrogen and oxygen atoms in total. The van der Waals surface area contributed by atoms with Crippen molar-refractivity contribution in [3.63, 3.8) is 0 Å². The third kappa shape index (κ3) is 5.57. The summed E-state index contributed by atoms with van der Waals surface area (Å²) in [5, 5.41) is 17.3. The molecule has 4 N–H and O–H groups in total. The van der Waals surface area contributed by atoms with E-state index in [1.165, 1.54) is 12.4 Å². The first-order chi connectivity index (χ1) is 13.5. The molecule has 1 radical (unpaired) electrons. The summed E-state index contributed by atoms with van der Waals surface area (Å²) < 4.78 is 0. The first-order valence-electron chi connectivity index (χ1n) is 7.94. The summed E-state index contributed by atoms with van der Waals surface area (Å²) in [6.45, 7) is 0. The molecule has 0 unspecified atom stereocenters. The molecule has 0 aliphatic rings. The average molecular weight is 437 g/mol. The zero-order chi connectivity index (χ0) is 19.9. The second kappa shape index (κ2) is 9.92. The summed E-state index contributed by atoms with van der Waals surface area (Å²) in [7, 11) is 0. The van der Waals surface area contributed by atoms with Crippen LogP contribution < -0.4 is 0 Å². The minimum atomic E-state index is -1.08. The second-order valence-corrected chi connectivity index (χ2v) is 5.33. The van der Waals surface area contributed by atoms with Crippen molar-refractivity contribution >= 4 is 11.9 Å². The number of pyridine rings is 2. The summed E-state index contributed by atoms with van der Waals surface area (Å²) >= 11 is 0. The van der Waals surface area contributed by atoms with E-state index < -0.39 is 11.9 Å². The van der Waals surface area contributed by atoms with Crippen LogP contribution >= 0.6 is 0 Å². The predicted octanol–water partition coefficient (Wildman–Crippen LogP) is 2.34. The molecule has 4 heterocycles. The van der Waals surface area contributed by atoms with Crippen LogP contribution in [0, 0.1) is 0 Å². The van der Waals surface area contributed by atoms with Gasteiger partial charge in [0, 0.05) is 29.2 Å². The van der Waals surface area contributed by atoms with E-state index in [9.17, 15) is 9.59 Å². The van der Waals surface area contributed by atoms with Crippen LogP contribution in [0.1, 0.15) is 21.2 Å². The monoisotopic (exact) mass is 437 g/mol. The Morgan fingerprint density at radius 2 is 1.10 bits per heavy atom. The third-order valence-electron chi connectivity index (χ3n) is 3.44. The van der Waals surface area contributed by atoms with Gasteiger partial charge in [-0.15, -0.1) is 0 Å². The van der Waals surface area contributed by atoms with Gasteiger partial charge in [0.05, 0.1) is 35.2 Å². The van der Waals surface area contributed by atoms with Gasteiger partial charge < -0.3 is 20.2 Å². The third-order valence-corrected chi connectivity index (χ3v) is 3.44. The maximum atomic E-state index is 10.5. The van der Waals surface area contributed by atoms with Gasteiger partial charge in [-0.3, -0.25) is 9.97 Å². The van der Waals surface area contributed by atoms with Gasteiger partial charge in [0.1, 0.15) is 0 Å². The van der Waals surface area contributed by atoms with Crippen molar-refractivity contribution in [2.75, 3.05) is 0 Å². The largest absolute Gasteiger partial charge is 0.475 e. The topological polar surface area (TPSA) is 158 Å². The van der Waals surface area contributed by atoms with Gasteiger partial charge in [-0.2, -0.15) is 0 Å². The zero-order valence-corrected chi connectivity index (χ0v) is 15.6. The number of hydrogen-bond acceptors (Lipinski definition) is 6. The molecule has 0 atom stereocenters. The van der Waals surface area contributed by atoms with E-state index in [2.05, 4.69) is 29.9 Å². The van der Waals surface area contributed by atoms with Crippen LogP contribution in [0.25, 0.3) is 22.8 Å². The van der Waals surface area contributed by atoms with Crippen LogP contribution in [0.15, 0.2) is 61.2 Å². The minimum absolute atomic E-state index is 0. The molecule has 0 saturated carbocycles. The van der Waals surface area contributed by atoms with Gasteiger partial charge in [0.15, 0.2) is 0 Å². The minimum Gasteiger partial charge on any atom is -0.475 e. The Morgan fingerprint density at radius 3 is 1.38 bits per heavy atom. The van der Waals surface area contributed by atoms with Crippen LogP contribution in [0.3, 0.4) is 0 Å². The number of rotatable bonds is 4. The number of carboxylic acid groups (broad SMARTS) is 2. The fraction of sp³-hybridized carbons (Fsp3) is 0. The number of carbonyl (C=O) groups is 2. The first kappa shape index (κ1) is 21.5. The van der Waals surface area contributed by atoms with E-state index in [0.717, 1.165) is 0 Å². The first-order valence-corrected chi connectivity index (χ1v) is 7.94. The molecule has 149 valence electrons. The average Bonchev–Trinajstić information content (AvgIpc) is 3.40. The molecule has 0 spiro atoms. The molecule has 0 aliphatic carbocycles. The summed E-state index contributed by atoms with van der Waals surface area (Å²) in [6.07, 6.45) is 6.17. The van der Waals surface area contributed by atoms with Crippen LogP contribution in [0.4, 0.5) is 0 Å². The van der Waals surface area contributed by atoms with Gasteiger partial charge >= 0.3 is 11.9 Å². The van der Waals surface area contributed by atoms with Crippen LogP contribution in [-0.4, -0.2) is 52.1 Å². The standard InChI is InChI=1S/2C9H7N3O2.Co/c2*13-9(14)8-11-5-7(12-8)6-3-1-2-4-10-6;/h2*1-5H,(H,11,12)(H,13,14);. The van der Waals surface area contributed by atoms with Crippen LogP contribution in [0.5, 0.6) is 0 Å². The zero-order valence-electron chi connectivity index (χ0n) is 14.6.